The molecule has 1 rings (SSSR count). The van der Waals surface area contributed by atoms with Crippen LogP contribution in [0.4, 0.5) is 0 Å². The van der Waals surface area contributed by atoms with Crippen molar-refractivity contribution >= 4 is 23.5 Å². The lowest BCUT2D eigenvalue weighted by atomic mass is 10.2. The van der Waals surface area contributed by atoms with Gasteiger partial charge in [-0.05, 0) is 13.8 Å². The maximum absolute atomic E-state index is 11.3. The van der Waals surface area contributed by atoms with Gasteiger partial charge in [-0.1, -0.05) is 11.6 Å². The average molecular weight is 232 g/mol. The highest BCUT2D eigenvalue weighted by Gasteiger charge is 2.22. The number of ether oxygens (including phenoxy) is 1. The highest BCUT2D eigenvalue weighted by Crippen LogP contribution is 2.24. The fourth-order valence-electron chi connectivity index (χ4n) is 1.13. The van der Waals surface area contributed by atoms with Gasteiger partial charge in [0, 0.05) is 5.56 Å². The van der Waals surface area contributed by atoms with Gasteiger partial charge in [0.15, 0.2) is 0 Å². The lowest BCUT2D eigenvalue weighted by Gasteiger charge is -1.99. The zero-order chi connectivity index (χ0) is 11.6. The van der Waals surface area contributed by atoms with Gasteiger partial charge < -0.3 is 14.8 Å². The first-order valence-corrected chi connectivity index (χ1v) is 4.65. The number of carboxylic acids is 1. The number of esters is 1. The first kappa shape index (κ1) is 11.6. The Labute approximate surface area is 91.0 Å². The molecule has 82 valence electrons. The molecule has 1 heterocycles. The molecule has 0 aliphatic carbocycles. The number of hydrogen-bond acceptors (Lipinski definition) is 3. The molecule has 0 spiro atoms. The van der Waals surface area contributed by atoms with Gasteiger partial charge in [0.25, 0.3) is 0 Å². The SMILES string of the molecule is CCOC(=O)c1[nH]c(C(=O)O)c(Cl)c1C. The zero-order valence-electron chi connectivity index (χ0n) is 8.26. The van der Waals surface area contributed by atoms with Gasteiger partial charge in [-0.15, -0.1) is 0 Å². The van der Waals surface area contributed by atoms with Crippen molar-refractivity contribution in [2.45, 2.75) is 13.8 Å². The summed E-state index contributed by atoms with van der Waals surface area (Å²) in [6.45, 7) is 3.44. The van der Waals surface area contributed by atoms with Crippen LogP contribution in [0.25, 0.3) is 0 Å². The molecule has 0 aromatic carbocycles. The molecule has 1 aromatic heterocycles. The van der Waals surface area contributed by atoms with Crippen LogP contribution in [0.2, 0.25) is 5.02 Å². The molecule has 1 aromatic rings. The Kier molecular flexibility index (Phi) is 3.36. The quantitative estimate of drug-likeness (QED) is 0.778. The second-order valence-electron chi connectivity index (χ2n) is 2.84. The molecule has 0 saturated carbocycles. The van der Waals surface area contributed by atoms with E-state index in [1.54, 1.807) is 13.8 Å². The standard InChI is InChI=1S/C9H10ClNO4/c1-3-15-9(14)6-4(2)5(10)7(11-6)8(12)13/h11H,3H2,1-2H3,(H,12,13). The molecule has 0 saturated heterocycles. The van der Waals surface area contributed by atoms with E-state index in [1.807, 2.05) is 0 Å². The number of carbonyl (C=O) groups excluding carboxylic acids is 1. The predicted octanol–water partition coefficient (Wildman–Crippen LogP) is 1.85. The maximum atomic E-state index is 11.3. The lowest BCUT2D eigenvalue weighted by molar-refractivity contribution is 0.0519. The monoisotopic (exact) mass is 231 g/mol. The highest BCUT2D eigenvalue weighted by molar-refractivity contribution is 6.34. The molecule has 0 radical (unpaired) electrons. The van der Waals surface area contributed by atoms with Crippen molar-refractivity contribution in [3.63, 3.8) is 0 Å². The number of aromatic nitrogens is 1. The number of H-pyrrole nitrogens is 1. The van der Waals surface area contributed by atoms with Crippen LogP contribution in [0.1, 0.15) is 33.5 Å². The summed E-state index contributed by atoms with van der Waals surface area (Å²) in [5.74, 6) is -1.82. The van der Waals surface area contributed by atoms with Crippen molar-refractivity contribution in [3.8, 4) is 0 Å². The number of aromatic carboxylic acids is 1. The van der Waals surface area contributed by atoms with Crippen molar-refractivity contribution in [1.82, 2.24) is 4.98 Å². The van der Waals surface area contributed by atoms with Crippen LogP contribution in [0.5, 0.6) is 0 Å². The van der Waals surface area contributed by atoms with Gasteiger partial charge in [-0.25, -0.2) is 9.59 Å². The normalized spacial score (nSPS) is 10.1. The molecule has 6 heteroatoms. The Morgan fingerprint density at radius 3 is 2.47 bits per heavy atom. The van der Waals surface area contributed by atoms with Crippen LogP contribution >= 0.6 is 11.6 Å². The summed E-state index contributed by atoms with van der Waals surface area (Å²) >= 11 is 5.73. The van der Waals surface area contributed by atoms with Crippen molar-refractivity contribution in [1.29, 1.82) is 0 Å². The van der Waals surface area contributed by atoms with Crippen LogP contribution in [0.15, 0.2) is 0 Å². The number of carbonyl (C=O) groups is 2. The third-order valence-corrected chi connectivity index (χ3v) is 2.34. The van der Waals surface area contributed by atoms with E-state index in [0.29, 0.717) is 5.56 Å². The van der Waals surface area contributed by atoms with Crippen LogP contribution in [0.3, 0.4) is 0 Å². The number of hydrogen-bond donors (Lipinski definition) is 2. The summed E-state index contributed by atoms with van der Waals surface area (Å²) in [4.78, 5) is 24.5. The molecule has 0 bridgehead atoms. The molecular weight excluding hydrogens is 222 g/mol. The van der Waals surface area contributed by atoms with Crippen LogP contribution in [-0.4, -0.2) is 28.6 Å². The molecule has 0 atom stereocenters. The first-order chi connectivity index (χ1) is 6.99. The number of rotatable bonds is 3. The summed E-state index contributed by atoms with van der Waals surface area (Å²) in [5.41, 5.74) is 0.268. The van der Waals surface area contributed by atoms with Gasteiger partial charge in [-0.2, -0.15) is 0 Å². The maximum Gasteiger partial charge on any atom is 0.355 e. The summed E-state index contributed by atoms with van der Waals surface area (Å²) in [6.07, 6.45) is 0. The van der Waals surface area contributed by atoms with E-state index in [4.69, 9.17) is 21.4 Å². The summed E-state index contributed by atoms with van der Waals surface area (Å²) in [5, 5.41) is 8.78. The Morgan fingerprint density at radius 2 is 2.07 bits per heavy atom. The van der Waals surface area contributed by atoms with Gasteiger partial charge in [0.05, 0.1) is 11.6 Å². The smallest absolute Gasteiger partial charge is 0.355 e. The second kappa shape index (κ2) is 4.35. The van der Waals surface area contributed by atoms with Crippen molar-refractivity contribution < 1.29 is 19.4 Å². The molecule has 0 unspecified atom stereocenters. The third kappa shape index (κ3) is 2.12. The van der Waals surface area contributed by atoms with Gasteiger partial charge >= 0.3 is 11.9 Å². The molecule has 0 aliphatic heterocycles. The largest absolute Gasteiger partial charge is 0.477 e. The number of halogens is 1. The second-order valence-corrected chi connectivity index (χ2v) is 3.22. The summed E-state index contributed by atoms with van der Waals surface area (Å²) < 4.78 is 4.74. The van der Waals surface area contributed by atoms with E-state index < -0.39 is 11.9 Å². The minimum atomic E-state index is -1.21. The Hall–Kier alpha value is -1.49. The van der Waals surface area contributed by atoms with Crippen LogP contribution in [-0.2, 0) is 4.74 Å². The van der Waals surface area contributed by atoms with E-state index in [-0.39, 0.29) is 23.0 Å². The number of carboxylic acid groups (broad SMARTS) is 1. The fourth-order valence-corrected chi connectivity index (χ4v) is 1.35. The summed E-state index contributed by atoms with van der Waals surface area (Å²) in [6, 6.07) is 0. The fraction of sp³-hybridized carbons (Fsp3) is 0.333. The van der Waals surface area contributed by atoms with Crippen LogP contribution in [0, 0.1) is 6.92 Å². The van der Waals surface area contributed by atoms with Gasteiger partial charge in [0.1, 0.15) is 11.4 Å². The lowest BCUT2D eigenvalue weighted by Crippen LogP contribution is -2.07. The molecule has 0 amide bonds. The van der Waals surface area contributed by atoms with Gasteiger partial charge in [-0.3, -0.25) is 0 Å². The third-order valence-electron chi connectivity index (χ3n) is 1.87. The molecule has 2 N–H and O–H groups in total. The van der Waals surface area contributed by atoms with Crippen molar-refractivity contribution in [3.05, 3.63) is 22.0 Å². The van der Waals surface area contributed by atoms with Crippen molar-refractivity contribution in [2.75, 3.05) is 6.61 Å². The summed E-state index contributed by atoms with van der Waals surface area (Å²) in [7, 11) is 0. The predicted molar refractivity (Wildman–Crippen MR) is 53.5 cm³/mol. The molecule has 15 heavy (non-hydrogen) atoms. The van der Waals surface area contributed by atoms with E-state index in [9.17, 15) is 9.59 Å². The number of nitrogens with one attached hydrogen (secondary N) is 1. The molecule has 0 aliphatic rings. The molecule has 5 nitrogen and oxygen atoms in total. The van der Waals surface area contributed by atoms with Crippen LogP contribution < -0.4 is 0 Å². The van der Waals surface area contributed by atoms with E-state index >= 15 is 0 Å². The zero-order valence-corrected chi connectivity index (χ0v) is 9.01. The van der Waals surface area contributed by atoms with E-state index in [2.05, 4.69) is 4.98 Å². The van der Waals surface area contributed by atoms with Crippen molar-refractivity contribution in [2.24, 2.45) is 0 Å². The van der Waals surface area contributed by atoms with Gasteiger partial charge in [0.2, 0.25) is 0 Å². The highest BCUT2D eigenvalue weighted by atomic mass is 35.5. The molecular formula is C9H10ClNO4. The minimum Gasteiger partial charge on any atom is -0.477 e. The minimum absolute atomic E-state index is 0.0329. The Morgan fingerprint density at radius 1 is 1.47 bits per heavy atom. The first-order valence-electron chi connectivity index (χ1n) is 4.27. The molecule has 0 fully saturated rings. The van der Waals surface area contributed by atoms with E-state index in [1.165, 1.54) is 0 Å². The van der Waals surface area contributed by atoms with E-state index in [0.717, 1.165) is 0 Å². The Balaban J connectivity index is 3.16. The number of aromatic amines is 1. The topological polar surface area (TPSA) is 79.4 Å². The average Bonchev–Trinajstić information content (AvgIpc) is 2.45. The Bertz CT molecular complexity index is 410.